The van der Waals surface area contributed by atoms with Crippen LogP contribution < -0.4 is 5.32 Å². The zero-order valence-electron chi connectivity index (χ0n) is 12.0. The van der Waals surface area contributed by atoms with Crippen LogP contribution in [-0.4, -0.2) is 41.0 Å². The van der Waals surface area contributed by atoms with Gasteiger partial charge in [0.15, 0.2) is 0 Å². The molecule has 1 fully saturated rings. The summed E-state index contributed by atoms with van der Waals surface area (Å²) >= 11 is 0. The van der Waals surface area contributed by atoms with E-state index in [0.717, 1.165) is 31.0 Å². The van der Waals surface area contributed by atoms with E-state index in [1.807, 2.05) is 4.90 Å². The molecule has 1 aliphatic rings. The molecule has 5 nitrogen and oxygen atoms in total. The number of carboxylic acid groups (broad SMARTS) is 1. The molecular formula is C15H18F2N2O3. The summed E-state index contributed by atoms with van der Waals surface area (Å²) in [6.07, 6.45) is 2.32. The molecule has 1 heterocycles. The minimum atomic E-state index is -0.920. The number of rotatable bonds is 5. The van der Waals surface area contributed by atoms with Gasteiger partial charge < -0.3 is 10.4 Å². The Bertz CT molecular complexity index is 545. The van der Waals surface area contributed by atoms with Gasteiger partial charge in [-0.2, -0.15) is 0 Å². The molecule has 0 saturated carbocycles. The standard InChI is InChI=1S/C15H18F2N2O3/c16-10-7-11(17)9-12(8-10)18-15(22)13-3-1-2-5-19(13)6-4-14(20)21/h7-9,13H,1-6H2,(H,18,22)(H,20,21)/t13-/m1/s1. The van der Waals surface area contributed by atoms with Gasteiger partial charge in [-0.1, -0.05) is 6.42 Å². The molecule has 1 saturated heterocycles. The lowest BCUT2D eigenvalue weighted by Crippen LogP contribution is -2.47. The van der Waals surface area contributed by atoms with Crippen molar-refractivity contribution in [2.24, 2.45) is 0 Å². The lowest BCUT2D eigenvalue weighted by atomic mass is 10.0. The SMILES string of the molecule is O=C(O)CCN1CCCC[C@@H]1C(=O)Nc1cc(F)cc(F)c1. The third-order valence-electron chi connectivity index (χ3n) is 3.66. The number of benzene rings is 1. The van der Waals surface area contributed by atoms with Crippen molar-refractivity contribution in [3.63, 3.8) is 0 Å². The Kier molecular flexibility index (Phi) is 5.43. The van der Waals surface area contributed by atoms with Gasteiger partial charge in [-0.05, 0) is 31.5 Å². The zero-order chi connectivity index (χ0) is 16.1. The maximum absolute atomic E-state index is 13.1. The number of anilines is 1. The Morgan fingerprint density at radius 2 is 1.91 bits per heavy atom. The van der Waals surface area contributed by atoms with Crippen molar-refractivity contribution in [1.29, 1.82) is 0 Å². The summed E-state index contributed by atoms with van der Waals surface area (Å²) < 4.78 is 26.3. The van der Waals surface area contributed by atoms with E-state index in [0.29, 0.717) is 13.0 Å². The Hall–Kier alpha value is -2.02. The van der Waals surface area contributed by atoms with Crippen molar-refractivity contribution < 1.29 is 23.5 Å². The number of aliphatic carboxylic acids is 1. The van der Waals surface area contributed by atoms with Crippen LogP contribution in [0.3, 0.4) is 0 Å². The highest BCUT2D eigenvalue weighted by Gasteiger charge is 2.28. The fourth-order valence-electron chi connectivity index (χ4n) is 2.65. The first kappa shape index (κ1) is 16.4. The molecule has 0 spiro atoms. The van der Waals surface area contributed by atoms with E-state index in [-0.39, 0.29) is 24.6 Å². The molecule has 120 valence electrons. The smallest absolute Gasteiger partial charge is 0.304 e. The minimum absolute atomic E-state index is 0.0433. The number of hydrogen-bond acceptors (Lipinski definition) is 3. The molecule has 7 heteroatoms. The van der Waals surface area contributed by atoms with Crippen LogP contribution >= 0.6 is 0 Å². The van der Waals surface area contributed by atoms with Gasteiger partial charge >= 0.3 is 5.97 Å². The van der Waals surface area contributed by atoms with Crippen LogP contribution in [0.1, 0.15) is 25.7 Å². The van der Waals surface area contributed by atoms with Crippen molar-refractivity contribution in [3.8, 4) is 0 Å². The van der Waals surface area contributed by atoms with E-state index in [1.54, 1.807) is 0 Å². The lowest BCUT2D eigenvalue weighted by molar-refractivity contribution is -0.138. The van der Waals surface area contributed by atoms with Crippen molar-refractivity contribution in [3.05, 3.63) is 29.8 Å². The summed E-state index contributed by atoms with van der Waals surface area (Å²) in [5.74, 6) is -2.81. The van der Waals surface area contributed by atoms with Crippen LogP contribution in [0.15, 0.2) is 18.2 Å². The second-order valence-corrected chi connectivity index (χ2v) is 5.34. The minimum Gasteiger partial charge on any atom is -0.481 e. The lowest BCUT2D eigenvalue weighted by Gasteiger charge is -2.34. The average Bonchev–Trinajstić information content (AvgIpc) is 2.44. The summed E-state index contributed by atoms with van der Waals surface area (Å²) in [6.45, 7) is 0.924. The molecule has 22 heavy (non-hydrogen) atoms. The van der Waals surface area contributed by atoms with Gasteiger partial charge in [0.2, 0.25) is 5.91 Å². The summed E-state index contributed by atoms with van der Waals surface area (Å²) in [5, 5.41) is 11.3. The first-order valence-corrected chi connectivity index (χ1v) is 7.18. The second-order valence-electron chi connectivity index (χ2n) is 5.34. The molecule has 0 aliphatic carbocycles. The largest absolute Gasteiger partial charge is 0.481 e. The number of nitrogens with one attached hydrogen (secondary N) is 1. The molecule has 1 aliphatic heterocycles. The number of carbonyl (C=O) groups excluding carboxylic acids is 1. The van der Waals surface area contributed by atoms with Gasteiger partial charge in [0, 0.05) is 18.3 Å². The highest BCUT2D eigenvalue weighted by Crippen LogP contribution is 2.20. The predicted molar refractivity (Wildman–Crippen MR) is 76.5 cm³/mol. The fourth-order valence-corrected chi connectivity index (χ4v) is 2.65. The maximum atomic E-state index is 13.1. The zero-order valence-corrected chi connectivity index (χ0v) is 12.0. The van der Waals surface area contributed by atoms with Crippen LogP contribution in [0.5, 0.6) is 0 Å². The van der Waals surface area contributed by atoms with Crippen LogP contribution in [0.4, 0.5) is 14.5 Å². The second kappa shape index (κ2) is 7.31. The third-order valence-corrected chi connectivity index (χ3v) is 3.66. The number of carboxylic acids is 1. The Morgan fingerprint density at radius 3 is 2.55 bits per heavy atom. The predicted octanol–water partition coefficient (Wildman–Crippen LogP) is 2.23. The molecule has 1 aromatic rings. The summed E-state index contributed by atoms with van der Waals surface area (Å²) in [6, 6.07) is 2.35. The quantitative estimate of drug-likeness (QED) is 0.875. The normalized spacial score (nSPS) is 18.9. The third kappa shape index (κ3) is 4.49. The molecular weight excluding hydrogens is 294 g/mol. The number of likely N-dealkylation sites (tertiary alicyclic amines) is 1. The molecule has 0 unspecified atom stereocenters. The van der Waals surface area contributed by atoms with Gasteiger partial charge in [-0.3, -0.25) is 14.5 Å². The fraction of sp³-hybridized carbons (Fsp3) is 0.467. The molecule has 2 N–H and O–H groups in total. The molecule has 0 bridgehead atoms. The van der Waals surface area contributed by atoms with Crippen molar-refractivity contribution in [2.45, 2.75) is 31.7 Å². The summed E-state index contributed by atoms with van der Waals surface area (Å²) in [7, 11) is 0. The van der Waals surface area contributed by atoms with Crippen molar-refractivity contribution in [2.75, 3.05) is 18.4 Å². The van der Waals surface area contributed by atoms with Gasteiger partial charge in [0.25, 0.3) is 0 Å². The molecule has 0 aromatic heterocycles. The van der Waals surface area contributed by atoms with E-state index in [4.69, 9.17) is 5.11 Å². The summed E-state index contributed by atoms with van der Waals surface area (Å²) in [5.41, 5.74) is 0.0614. The molecule has 1 aromatic carbocycles. The first-order valence-electron chi connectivity index (χ1n) is 7.18. The average molecular weight is 312 g/mol. The van der Waals surface area contributed by atoms with Gasteiger partial charge in [0.05, 0.1) is 12.5 Å². The van der Waals surface area contributed by atoms with E-state index >= 15 is 0 Å². The van der Waals surface area contributed by atoms with E-state index in [2.05, 4.69) is 5.32 Å². The van der Waals surface area contributed by atoms with Crippen molar-refractivity contribution in [1.82, 2.24) is 4.90 Å². The van der Waals surface area contributed by atoms with Crippen LogP contribution in [-0.2, 0) is 9.59 Å². The highest BCUT2D eigenvalue weighted by molar-refractivity contribution is 5.94. The van der Waals surface area contributed by atoms with E-state index in [1.165, 1.54) is 0 Å². The number of hydrogen-bond donors (Lipinski definition) is 2. The Balaban J connectivity index is 2.03. The summed E-state index contributed by atoms with van der Waals surface area (Å²) in [4.78, 5) is 24.8. The van der Waals surface area contributed by atoms with Gasteiger partial charge in [-0.15, -0.1) is 0 Å². The number of amides is 1. The Morgan fingerprint density at radius 1 is 1.23 bits per heavy atom. The number of nitrogens with zero attached hydrogens (tertiary/aromatic N) is 1. The Labute approximate surface area is 126 Å². The molecule has 1 amide bonds. The van der Waals surface area contributed by atoms with E-state index < -0.39 is 23.6 Å². The monoisotopic (exact) mass is 312 g/mol. The molecule has 1 atom stereocenters. The maximum Gasteiger partial charge on any atom is 0.304 e. The van der Waals surface area contributed by atoms with Crippen LogP contribution in [0.2, 0.25) is 0 Å². The van der Waals surface area contributed by atoms with E-state index in [9.17, 15) is 18.4 Å². The van der Waals surface area contributed by atoms with Crippen LogP contribution in [0, 0.1) is 11.6 Å². The highest BCUT2D eigenvalue weighted by atomic mass is 19.1. The molecule has 2 rings (SSSR count). The number of halogens is 2. The number of piperidine rings is 1. The van der Waals surface area contributed by atoms with Crippen molar-refractivity contribution >= 4 is 17.6 Å². The number of carbonyl (C=O) groups is 2. The van der Waals surface area contributed by atoms with Gasteiger partial charge in [-0.25, -0.2) is 8.78 Å². The van der Waals surface area contributed by atoms with Gasteiger partial charge in [0.1, 0.15) is 11.6 Å². The molecule has 0 radical (unpaired) electrons. The van der Waals surface area contributed by atoms with Crippen LogP contribution in [0.25, 0.3) is 0 Å². The topological polar surface area (TPSA) is 69.6 Å². The first-order chi connectivity index (χ1) is 10.5.